The Morgan fingerprint density at radius 1 is 0.920 bits per heavy atom. The van der Waals surface area contributed by atoms with E-state index in [1.165, 1.54) is 25.7 Å². The number of fused-ring (bicyclic) bond motifs is 5. The van der Waals surface area contributed by atoms with Gasteiger partial charge in [0.15, 0.2) is 0 Å². The van der Waals surface area contributed by atoms with E-state index in [0.29, 0.717) is 23.2 Å². The zero-order valence-corrected chi connectivity index (χ0v) is 16.6. The lowest BCUT2D eigenvalue weighted by molar-refractivity contribution is -0.166. The lowest BCUT2D eigenvalue weighted by atomic mass is 9.40. The molecule has 0 spiro atoms. The van der Waals surface area contributed by atoms with Crippen molar-refractivity contribution < 1.29 is 15.3 Å². The van der Waals surface area contributed by atoms with Gasteiger partial charge in [-0.2, -0.15) is 0 Å². The van der Waals surface area contributed by atoms with Gasteiger partial charge in [0.05, 0.1) is 17.8 Å². The molecule has 0 bridgehead atoms. The van der Waals surface area contributed by atoms with Gasteiger partial charge in [-0.25, -0.2) is 0 Å². The van der Waals surface area contributed by atoms with Gasteiger partial charge >= 0.3 is 0 Å². The molecule has 0 aromatic heterocycles. The summed E-state index contributed by atoms with van der Waals surface area (Å²) in [5.41, 5.74) is -0.120. The minimum absolute atomic E-state index is 0.115. The SMILES string of the molecule is C[C@H](O)[C@@]1(O)C[C@@H]2[C@@H]3CC[C@]4(C)C[C@H](O)CC[C@]4(C)[C@H]3CC[C@]2(C)C1. The average molecular weight is 351 g/mol. The van der Waals surface area contributed by atoms with Gasteiger partial charge in [-0.15, -0.1) is 0 Å². The van der Waals surface area contributed by atoms with Crippen molar-refractivity contribution in [1.29, 1.82) is 0 Å². The zero-order chi connectivity index (χ0) is 18.3. The minimum Gasteiger partial charge on any atom is -0.393 e. The smallest absolute Gasteiger partial charge is 0.0910 e. The molecule has 0 saturated heterocycles. The molecule has 0 aromatic carbocycles. The summed E-state index contributed by atoms with van der Waals surface area (Å²) in [7, 11) is 0. The fourth-order valence-electron chi connectivity index (χ4n) is 8.09. The summed E-state index contributed by atoms with van der Waals surface area (Å²) < 4.78 is 0. The summed E-state index contributed by atoms with van der Waals surface area (Å²) in [6.45, 7) is 9.07. The second-order valence-electron chi connectivity index (χ2n) is 11.1. The van der Waals surface area contributed by atoms with Crippen LogP contribution in [0.1, 0.15) is 85.5 Å². The molecule has 0 unspecified atom stereocenters. The summed E-state index contributed by atoms with van der Waals surface area (Å²) in [6, 6.07) is 0. The second kappa shape index (κ2) is 5.45. The molecule has 0 aliphatic heterocycles. The van der Waals surface area contributed by atoms with E-state index in [0.717, 1.165) is 32.1 Å². The molecular formula is C22H38O3. The van der Waals surface area contributed by atoms with Crippen molar-refractivity contribution in [3.05, 3.63) is 0 Å². The summed E-state index contributed by atoms with van der Waals surface area (Å²) >= 11 is 0. The summed E-state index contributed by atoms with van der Waals surface area (Å²) in [5, 5.41) is 31.5. The van der Waals surface area contributed by atoms with Gasteiger partial charge in [-0.05, 0) is 98.7 Å². The van der Waals surface area contributed by atoms with Crippen LogP contribution in [0.2, 0.25) is 0 Å². The molecule has 25 heavy (non-hydrogen) atoms. The van der Waals surface area contributed by atoms with E-state index >= 15 is 0 Å². The van der Waals surface area contributed by atoms with Crippen molar-refractivity contribution in [3.63, 3.8) is 0 Å². The van der Waals surface area contributed by atoms with Gasteiger partial charge in [0.1, 0.15) is 0 Å². The van der Waals surface area contributed by atoms with Crippen molar-refractivity contribution >= 4 is 0 Å². The number of aliphatic hydroxyl groups is 3. The van der Waals surface area contributed by atoms with E-state index in [4.69, 9.17) is 0 Å². The fraction of sp³-hybridized carbons (Fsp3) is 1.00. The second-order valence-corrected chi connectivity index (χ2v) is 11.1. The highest BCUT2D eigenvalue weighted by atomic mass is 16.3. The zero-order valence-electron chi connectivity index (χ0n) is 16.6. The highest BCUT2D eigenvalue weighted by molar-refractivity contribution is 5.14. The van der Waals surface area contributed by atoms with Crippen LogP contribution in [-0.2, 0) is 0 Å². The van der Waals surface area contributed by atoms with Crippen molar-refractivity contribution in [2.45, 2.75) is 103 Å². The molecule has 4 fully saturated rings. The van der Waals surface area contributed by atoms with Crippen LogP contribution in [0.5, 0.6) is 0 Å². The molecular weight excluding hydrogens is 312 g/mol. The maximum atomic E-state index is 11.1. The third-order valence-electron chi connectivity index (χ3n) is 9.93. The summed E-state index contributed by atoms with van der Waals surface area (Å²) in [5.74, 6) is 1.94. The van der Waals surface area contributed by atoms with Crippen LogP contribution < -0.4 is 0 Å². The summed E-state index contributed by atoms with van der Waals surface area (Å²) in [6.07, 6.45) is 8.74. The van der Waals surface area contributed by atoms with Crippen LogP contribution in [-0.4, -0.2) is 33.1 Å². The number of hydrogen-bond acceptors (Lipinski definition) is 3. The Bertz CT molecular complexity index is 547. The first kappa shape index (κ1) is 18.3. The molecule has 0 heterocycles. The van der Waals surface area contributed by atoms with Crippen LogP contribution >= 0.6 is 0 Å². The first-order valence-corrected chi connectivity index (χ1v) is 10.6. The number of aliphatic hydroxyl groups excluding tert-OH is 2. The molecule has 4 rings (SSSR count). The highest BCUT2D eigenvalue weighted by Gasteiger charge is 2.64. The first-order valence-electron chi connectivity index (χ1n) is 10.6. The molecule has 0 radical (unpaired) electrons. The Labute approximate surface area is 153 Å². The van der Waals surface area contributed by atoms with E-state index in [9.17, 15) is 15.3 Å². The van der Waals surface area contributed by atoms with E-state index in [-0.39, 0.29) is 16.9 Å². The molecule has 3 heteroatoms. The van der Waals surface area contributed by atoms with Gasteiger partial charge in [0, 0.05) is 0 Å². The summed E-state index contributed by atoms with van der Waals surface area (Å²) in [4.78, 5) is 0. The maximum Gasteiger partial charge on any atom is 0.0910 e. The van der Waals surface area contributed by atoms with E-state index < -0.39 is 11.7 Å². The van der Waals surface area contributed by atoms with Gasteiger partial charge in [0.25, 0.3) is 0 Å². The number of rotatable bonds is 1. The molecule has 144 valence electrons. The fourth-order valence-corrected chi connectivity index (χ4v) is 8.09. The van der Waals surface area contributed by atoms with Gasteiger partial charge < -0.3 is 15.3 Å². The van der Waals surface area contributed by atoms with E-state index in [1.54, 1.807) is 6.92 Å². The normalized spacial score (nSPS) is 59.6. The minimum atomic E-state index is -0.890. The van der Waals surface area contributed by atoms with Gasteiger partial charge in [0.2, 0.25) is 0 Å². The average Bonchev–Trinajstić information content (AvgIpc) is 2.81. The Hall–Kier alpha value is -0.120. The van der Waals surface area contributed by atoms with Crippen LogP contribution in [0.25, 0.3) is 0 Å². The van der Waals surface area contributed by atoms with Crippen LogP contribution in [0.4, 0.5) is 0 Å². The maximum absolute atomic E-state index is 11.1. The highest BCUT2D eigenvalue weighted by Crippen LogP contribution is 2.70. The lowest BCUT2D eigenvalue weighted by Crippen LogP contribution is -2.57. The topological polar surface area (TPSA) is 60.7 Å². The van der Waals surface area contributed by atoms with Gasteiger partial charge in [-0.3, -0.25) is 0 Å². The van der Waals surface area contributed by atoms with Crippen LogP contribution in [0.3, 0.4) is 0 Å². The van der Waals surface area contributed by atoms with Crippen molar-refractivity contribution in [2.75, 3.05) is 0 Å². The van der Waals surface area contributed by atoms with Crippen molar-refractivity contribution in [2.24, 2.45) is 34.0 Å². The Balaban J connectivity index is 1.65. The predicted octanol–water partition coefficient (Wildman–Crippen LogP) is 3.89. The third-order valence-corrected chi connectivity index (χ3v) is 9.93. The standard InChI is InChI=1S/C22H38O3/c1-14(23)22(25)12-18-16-6-9-20(3)11-15(24)5-10-21(20,4)17(16)7-8-19(18,2)13-22/h14-18,23-25H,5-13H2,1-4H3/t14-,15+,16+,17-,18+,19+,20+,21+,22+/m0/s1. The molecule has 3 N–H and O–H groups in total. The molecule has 4 aliphatic carbocycles. The molecule has 4 aliphatic rings. The lowest BCUT2D eigenvalue weighted by Gasteiger charge is -2.64. The molecule has 0 amide bonds. The number of hydrogen-bond donors (Lipinski definition) is 3. The van der Waals surface area contributed by atoms with Crippen LogP contribution in [0.15, 0.2) is 0 Å². The van der Waals surface area contributed by atoms with Crippen molar-refractivity contribution in [1.82, 2.24) is 0 Å². The van der Waals surface area contributed by atoms with Gasteiger partial charge in [-0.1, -0.05) is 20.8 Å². The molecule has 9 atom stereocenters. The molecule has 0 aromatic rings. The Morgan fingerprint density at radius 2 is 1.64 bits per heavy atom. The van der Waals surface area contributed by atoms with E-state index in [2.05, 4.69) is 20.8 Å². The van der Waals surface area contributed by atoms with Crippen LogP contribution in [0, 0.1) is 34.0 Å². The third kappa shape index (κ3) is 2.41. The molecule has 3 nitrogen and oxygen atoms in total. The van der Waals surface area contributed by atoms with E-state index in [1.807, 2.05) is 0 Å². The Kier molecular flexibility index (Phi) is 3.98. The largest absolute Gasteiger partial charge is 0.393 e. The molecule has 4 saturated carbocycles. The van der Waals surface area contributed by atoms with Crippen molar-refractivity contribution in [3.8, 4) is 0 Å². The quantitative estimate of drug-likeness (QED) is 0.672. The first-order chi connectivity index (χ1) is 11.5. The monoisotopic (exact) mass is 350 g/mol. The predicted molar refractivity (Wildman–Crippen MR) is 99.0 cm³/mol. The Morgan fingerprint density at radius 3 is 2.32 bits per heavy atom.